The topological polar surface area (TPSA) is 53.8 Å². The molecule has 0 radical (unpaired) electrons. The van der Waals surface area contributed by atoms with Crippen molar-refractivity contribution in [3.05, 3.63) is 54.0 Å². The standard InChI is InChI=1S/C23H32N2O3S/c1-24-15-13-21(14-16-24)25(18-22-8-5-17-28-22)29(26,27)23-11-9-20(10-12-23)19-6-3-2-4-7-19/h5,8-12,17,19,21H,2-4,6-7,13-16,18H2,1H3. The Morgan fingerprint density at radius 1 is 1.00 bits per heavy atom. The zero-order valence-electron chi connectivity index (χ0n) is 17.3. The normalized spacial score (nSPS) is 20.3. The second-order valence-electron chi connectivity index (χ2n) is 8.57. The van der Waals surface area contributed by atoms with E-state index in [-0.39, 0.29) is 12.6 Å². The molecule has 1 aromatic carbocycles. The van der Waals surface area contributed by atoms with E-state index in [4.69, 9.17) is 4.42 Å². The largest absolute Gasteiger partial charge is 0.468 e. The number of rotatable bonds is 6. The molecule has 4 rings (SSSR count). The van der Waals surface area contributed by atoms with Crippen LogP contribution in [0.15, 0.2) is 52.0 Å². The Bertz CT molecular complexity index is 863. The summed E-state index contributed by atoms with van der Waals surface area (Å²) >= 11 is 0. The third-order valence-corrected chi connectivity index (χ3v) is 8.46. The number of hydrogen-bond donors (Lipinski definition) is 0. The van der Waals surface area contributed by atoms with Gasteiger partial charge in [-0.05, 0) is 81.6 Å². The molecule has 0 amide bonds. The summed E-state index contributed by atoms with van der Waals surface area (Å²) in [5.41, 5.74) is 1.28. The molecule has 1 aliphatic heterocycles. The highest BCUT2D eigenvalue weighted by Gasteiger charge is 2.34. The molecule has 0 spiro atoms. The summed E-state index contributed by atoms with van der Waals surface area (Å²) in [6.07, 6.45) is 9.59. The van der Waals surface area contributed by atoms with E-state index in [9.17, 15) is 8.42 Å². The summed E-state index contributed by atoms with van der Waals surface area (Å²) in [6, 6.07) is 11.3. The number of sulfonamides is 1. The van der Waals surface area contributed by atoms with E-state index in [1.165, 1.54) is 37.7 Å². The van der Waals surface area contributed by atoms with E-state index in [0.29, 0.717) is 16.6 Å². The molecule has 1 saturated heterocycles. The van der Waals surface area contributed by atoms with Crippen molar-refractivity contribution in [1.29, 1.82) is 0 Å². The molecule has 29 heavy (non-hydrogen) atoms. The van der Waals surface area contributed by atoms with Crippen LogP contribution < -0.4 is 0 Å². The minimum atomic E-state index is -3.59. The fraction of sp³-hybridized carbons (Fsp3) is 0.565. The van der Waals surface area contributed by atoms with Crippen molar-refractivity contribution in [2.24, 2.45) is 0 Å². The van der Waals surface area contributed by atoms with Gasteiger partial charge in [-0.1, -0.05) is 31.4 Å². The molecule has 2 heterocycles. The van der Waals surface area contributed by atoms with Gasteiger partial charge in [0.25, 0.3) is 0 Å². The van der Waals surface area contributed by atoms with E-state index in [2.05, 4.69) is 11.9 Å². The van der Waals surface area contributed by atoms with E-state index < -0.39 is 10.0 Å². The number of nitrogens with zero attached hydrogens (tertiary/aromatic N) is 2. The van der Waals surface area contributed by atoms with Crippen molar-refractivity contribution < 1.29 is 12.8 Å². The van der Waals surface area contributed by atoms with Crippen LogP contribution >= 0.6 is 0 Å². The highest BCUT2D eigenvalue weighted by Crippen LogP contribution is 2.34. The first-order valence-corrected chi connectivity index (χ1v) is 12.3. The first kappa shape index (κ1) is 20.6. The first-order valence-electron chi connectivity index (χ1n) is 10.9. The summed E-state index contributed by atoms with van der Waals surface area (Å²) in [5, 5.41) is 0. The SMILES string of the molecule is CN1CCC(N(Cc2ccco2)S(=O)(=O)c2ccc(C3CCCCC3)cc2)CC1. The monoisotopic (exact) mass is 416 g/mol. The summed E-state index contributed by atoms with van der Waals surface area (Å²) in [6.45, 7) is 2.11. The van der Waals surface area contributed by atoms with Crippen LogP contribution in [0.4, 0.5) is 0 Å². The summed E-state index contributed by atoms with van der Waals surface area (Å²) in [7, 11) is -1.50. The maximum absolute atomic E-state index is 13.6. The third kappa shape index (κ3) is 4.76. The predicted octanol–water partition coefficient (Wildman–Crippen LogP) is 4.61. The number of furan rings is 1. The molecule has 2 fully saturated rings. The van der Waals surface area contributed by atoms with Crippen molar-refractivity contribution >= 4 is 10.0 Å². The number of hydrogen-bond acceptors (Lipinski definition) is 4. The van der Waals surface area contributed by atoms with Crippen LogP contribution in [-0.4, -0.2) is 43.8 Å². The Morgan fingerprint density at radius 2 is 1.69 bits per heavy atom. The van der Waals surface area contributed by atoms with Crippen LogP contribution in [0.5, 0.6) is 0 Å². The maximum Gasteiger partial charge on any atom is 0.243 e. The smallest absolute Gasteiger partial charge is 0.243 e. The Hall–Kier alpha value is -1.63. The van der Waals surface area contributed by atoms with Gasteiger partial charge in [0.1, 0.15) is 5.76 Å². The third-order valence-electron chi connectivity index (χ3n) is 6.55. The fourth-order valence-corrected chi connectivity index (χ4v) is 6.38. The van der Waals surface area contributed by atoms with Gasteiger partial charge in [-0.3, -0.25) is 0 Å². The highest BCUT2D eigenvalue weighted by atomic mass is 32.2. The first-order chi connectivity index (χ1) is 14.0. The summed E-state index contributed by atoms with van der Waals surface area (Å²) in [5.74, 6) is 1.26. The van der Waals surface area contributed by atoms with E-state index in [0.717, 1.165) is 25.9 Å². The van der Waals surface area contributed by atoms with Crippen LogP contribution in [0.25, 0.3) is 0 Å². The van der Waals surface area contributed by atoms with Crippen molar-refractivity contribution in [3.63, 3.8) is 0 Å². The van der Waals surface area contributed by atoms with Gasteiger partial charge < -0.3 is 9.32 Å². The Kier molecular flexibility index (Phi) is 6.42. The van der Waals surface area contributed by atoms with Crippen molar-refractivity contribution in [3.8, 4) is 0 Å². The van der Waals surface area contributed by atoms with Gasteiger partial charge in [-0.2, -0.15) is 4.31 Å². The van der Waals surface area contributed by atoms with Gasteiger partial charge in [0, 0.05) is 6.04 Å². The lowest BCUT2D eigenvalue weighted by molar-refractivity contribution is 0.173. The van der Waals surface area contributed by atoms with E-state index >= 15 is 0 Å². The van der Waals surface area contributed by atoms with E-state index in [1.807, 2.05) is 36.4 Å². The number of likely N-dealkylation sites (tertiary alicyclic amines) is 1. The molecule has 158 valence electrons. The molecule has 0 N–H and O–H groups in total. The lowest BCUT2D eigenvalue weighted by Gasteiger charge is -2.36. The molecule has 5 nitrogen and oxygen atoms in total. The minimum absolute atomic E-state index is 0.000629. The van der Waals surface area contributed by atoms with Gasteiger partial charge >= 0.3 is 0 Å². The molecule has 1 saturated carbocycles. The van der Waals surface area contributed by atoms with Crippen molar-refractivity contribution in [2.45, 2.75) is 68.3 Å². The fourth-order valence-electron chi connectivity index (χ4n) is 4.73. The molecule has 0 atom stereocenters. The molecule has 0 unspecified atom stereocenters. The lowest BCUT2D eigenvalue weighted by atomic mass is 9.84. The average molecular weight is 417 g/mol. The number of piperidine rings is 1. The van der Waals surface area contributed by atoms with Crippen LogP contribution in [0, 0.1) is 0 Å². The van der Waals surface area contributed by atoms with Gasteiger partial charge in [-0.15, -0.1) is 0 Å². The molecule has 6 heteroatoms. The molecule has 0 bridgehead atoms. The van der Waals surface area contributed by atoms with Gasteiger partial charge in [0.05, 0.1) is 17.7 Å². The predicted molar refractivity (Wildman–Crippen MR) is 114 cm³/mol. The maximum atomic E-state index is 13.6. The minimum Gasteiger partial charge on any atom is -0.468 e. The zero-order chi connectivity index (χ0) is 20.3. The van der Waals surface area contributed by atoms with Crippen LogP contribution in [0.2, 0.25) is 0 Å². The highest BCUT2D eigenvalue weighted by molar-refractivity contribution is 7.89. The van der Waals surface area contributed by atoms with Crippen LogP contribution in [0.1, 0.15) is 62.2 Å². The van der Waals surface area contributed by atoms with Crippen molar-refractivity contribution in [1.82, 2.24) is 9.21 Å². The van der Waals surface area contributed by atoms with Gasteiger partial charge in [0.2, 0.25) is 10.0 Å². The number of benzene rings is 1. The van der Waals surface area contributed by atoms with Gasteiger partial charge in [0.15, 0.2) is 0 Å². The van der Waals surface area contributed by atoms with Crippen LogP contribution in [-0.2, 0) is 16.6 Å². The zero-order valence-corrected chi connectivity index (χ0v) is 18.1. The second-order valence-corrected chi connectivity index (χ2v) is 10.5. The summed E-state index contributed by atoms with van der Waals surface area (Å²) in [4.78, 5) is 2.65. The quantitative estimate of drug-likeness (QED) is 0.690. The van der Waals surface area contributed by atoms with Gasteiger partial charge in [-0.25, -0.2) is 8.42 Å². The van der Waals surface area contributed by atoms with Crippen molar-refractivity contribution in [2.75, 3.05) is 20.1 Å². The Morgan fingerprint density at radius 3 is 2.31 bits per heavy atom. The molecule has 2 aromatic rings. The van der Waals surface area contributed by atoms with E-state index in [1.54, 1.807) is 10.6 Å². The molecule has 1 aromatic heterocycles. The molecular formula is C23H32N2O3S. The molecule has 1 aliphatic carbocycles. The average Bonchev–Trinajstić information content (AvgIpc) is 3.27. The van der Waals surface area contributed by atoms with Crippen LogP contribution in [0.3, 0.4) is 0 Å². The molecular weight excluding hydrogens is 384 g/mol. The summed E-state index contributed by atoms with van der Waals surface area (Å²) < 4.78 is 34.3. The Labute approximate surface area is 174 Å². The lowest BCUT2D eigenvalue weighted by Crippen LogP contribution is -2.46. The second kappa shape index (κ2) is 9.02. The molecule has 2 aliphatic rings. The Balaban J connectivity index is 1.58.